The lowest BCUT2D eigenvalue weighted by Gasteiger charge is -2.40. The van der Waals surface area contributed by atoms with Crippen molar-refractivity contribution in [1.82, 2.24) is 24.8 Å². The summed E-state index contributed by atoms with van der Waals surface area (Å²) in [4.78, 5) is 38.4. The Hall–Kier alpha value is -3.45. The molecule has 1 aromatic carbocycles. The number of carbonyl (C=O) groups is 2. The van der Waals surface area contributed by atoms with E-state index >= 15 is 0 Å². The van der Waals surface area contributed by atoms with E-state index in [0.717, 1.165) is 5.56 Å². The summed E-state index contributed by atoms with van der Waals surface area (Å²) < 4.78 is 6.90. The number of Topliss-reactive ketones (excluding diaryl/α,β-unsaturated/α-hetero) is 1. The van der Waals surface area contributed by atoms with Gasteiger partial charge in [-0.2, -0.15) is 0 Å². The fourth-order valence-electron chi connectivity index (χ4n) is 4.44. The van der Waals surface area contributed by atoms with E-state index in [4.69, 9.17) is 10.5 Å². The van der Waals surface area contributed by atoms with Crippen LogP contribution in [0.1, 0.15) is 25.3 Å². The van der Waals surface area contributed by atoms with Gasteiger partial charge in [0.1, 0.15) is 24.5 Å². The van der Waals surface area contributed by atoms with Crippen LogP contribution in [0.15, 0.2) is 43.0 Å². The number of aliphatic hydroxyl groups is 3. The molecule has 6 atom stereocenters. The number of rotatable bonds is 9. The van der Waals surface area contributed by atoms with E-state index in [2.05, 4.69) is 20.3 Å². The van der Waals surface area contributed by atoms with E-state index in [1.54, 1.807) is 6.92 Å². The molecule has 0 radical (unpaired) electrons. The minimum atomic E-state index is -1.42. The van der Waals surface area contributed by atoms with Gasteiger partial charge in [-0.3, -0.25) is 9.59 Å². The number of nitrogens with two attached hydrogens (primary N) is 1. The predicted molar refractivity (Wildman–Crippen MR) is 128 cm³/mol. The second-order valence-corrected chi connectivity index (χ2v) is 8.90. The van der Waals surface area contributed by atoms with Crippen LogP contribution in [0.2, 0.25) is 0 Å². The number of imidazole rings is 1. The number of fused-ring (bicyclic) bond motifs is 1. The average Bonchev–Trinajstić information content (AvgIpc) is 3.28. The number of nitrogen functional groups attached to an aromatic ring is 1. The molecule has 12 nitrogen and oxygen atoms in total. The number of nitrogens with zero attached hydrogens (tertiary/aromatic N) is 4. The number of hydrogen-bond donors (Lipinski definition) is 5. The summed E-state index contributed by atoms with van der Waals surface area (Å²) in [6.07, 6.45) is -1.76. The smallest absolute Gasteiger partial charge is 0.240 e. The summed E-state index contributed by atoms with van der Waals surface area (Å²) in [6.45, 7) is 1.59. The fourth-order valence-corrected chi connectivity index (χ4v) is 4.44. The topological polar surface area (TPSA) is 186 Å². The zero-order valence-corrected chi connectivity index (χ0v) is 19.8. The van der Waals surface area contributed by atoms with Crippen molar-refractivity contribution in [3.63, 3.8) is 0 Å². The van der Waals surface area contributed by atoms with Crippen molar-refractivity contribution >= 4 is 28.7 Å². The summed E-state index contributed by atoms with van der Waals surface area (Å²) in [5.74, 6) is -1.73. The average molecular weight is 499 g/mol. The molecule has 1 fully saturated rings. The van der Waals surface area contributed by atoms with Crippen LogP contribution in [0.4, 0.5) is 5.82 Å². The van der Waals surface area contributed by atoms with Gasteiger partial charge >= 0.3 is 0 Å². The van der Waals surface area contributed by atoms with Crippen LogP contribution in [0.3, 0.4) is 0 Å². The Morgan fingerprint density at radius 3 is 2.61 bits per heavy atom. The van der Waals surface area contributed by atoms with E-state index < -0.39 is 48.3 Å². The van der Waals surface area contributed by atoms with Gasteiger partial charge < -0.3 is 35.7 Å². The highest BCUT2D eigenvalue weighted by Crippen LogP contribution is 2.29. The number of anilines is 1. The molecule has 2 aromatic heterocycles. The number of hydrogen-bond acceptors (Lipinski definition) is 10. The zero-order valence-electron chi connectivity index (χ0n) is 19.8. The Morgan fingerprint density at radius 2 is 1.89 bits per heavy atom. The van der Waals surface area contributed by atoms with Gasteiger partial charge in [0, 0.05) is 12.3 Å². The maximum absolute atomic E-state index is 13.3. The summed E-state index contributed by atoms with van der Waals surface area (Å²) in [5.41, 5.74) is 7.37. The maximum Gasteiger partial charge on any atom is 0.240 e. The molecule has 0 aliphatic carbocycles. The normalized spacial score (nSPS) is 24.9. The van der Waals surface area contributed by atoms with E-state index in [-0.39, 0.29) is 25.2 Å². The van der Waals surface area contributed by atoms with Crippen molar-refractivity contribution < 1.29 is 29.6 Å². The third-order valence-corrected chi connectivity index (χ3v) is 6.44. The van der Waals surface area contributed by atoms with Crippen LogP contribution in [-0.2, 0) is 27.3 Å². The molecular formula is C24H30N6O6. The molecular weight excluding hydrogens is 468 g/mol. The lowest BCUT2D eigenvalue weighted by atomic mass is 9.84. The van der Waals surface area contributed by atoms with Gasteiger partial charge in [-0.15, -0.1) is 0 Å². The molecule has 4 rings (SSSR count). The van der Waals surface area contributed by atoms with Crippen LogP contribution >= 0.6 is 0 Å². The second-order valence-electron chi connectivity index (χ2n) is 8.90. The summed E-state index contributed by atoms with van der Waals surface area (Å²) in [6, 6.07) is 8.20. The van der Waals surface area contributed by atoms with Gasteiger partial charge in [-0.1, -0.05) is 37.3 Å². The Bertz CT molecular complexity index is 1200. The minimum absolute atomic E-state index is 0.166. The molecule has 0 saturated carbocycles. The summed E-state index contributed by atoms with van der Waals surface area (Å²) in [7, 11) is 0. The van der Waals surface area contributed by atoms with Crippen molar-refractivity contribution in [2.24, 2.45) is 5.92 Å². The molecule has 192 valence electrons. The Kier molecular flexibility index (Phi) is 7.89. The van der Waals surface area contributed by atoms with Crippen LogP contribution in [0.25, 0.3) is 11.2 Å². The molecule has 1 saturated heterocycles. The predicted octanol–water partition coefficient (Wildman–Crippen LogP) is -0.440. The number of aromatic nitrogens is 4. The van der Waals surface area contributed by atoms with Gasteiger partial charge in [-0.25, -0.2) is 15.0 Å². The maximum atomic E-state index is 13.3. The molecule has 1 amide bonds. The molecule has 36 heavy (non-hydrogen) atoms. The van der Waals surface area contributed by atoms with Gasteiger partial charge in [-0.05, 0) is 18.4 Å². The van der Waals surface area contributed by atoms with Crippen molar-refractivity contribution in [3.8, 4) is 0 Å². The third kappa shape index (κ3) is 5.51. The molecule has 1 unspecified atom stereocenters. The highest BCUT2D eigenvalue weighted by atomic mass is 16.6. The monoisotopic (exact) mass is 498 g/mol. The first-order valence-corrected chi connectivity index (χ1v) is 11.8. The van der Waals surface area contributed by atoms with E-state index in [1.165, 1.54) is 17.2 Å². The van der Waals surface area contributed by atoms with E-state index in [1.807, 2.05) is 30.3 Å². The largest absolute Gasteiger partial charge is 0.390 e. The molecule has 3 aromatic rings. The first kappa shape index (κ1) is 25.6. The van der Waals surface area contributed by atoms with Gasteiger partial charge in [0.25, 0.3) is 0 Å². The van der Waals surface area contributed by atoms with Crippen molar-refractivity contribution in [2.45, 2.75) is 63.4 Å². The minimum Gasteiger partial charge on any atom is -0.390 e. The Balaban J connectivity index is 1.50. The van der Waals surface area contributed by atoms with Crippen LogP contribution in [0.5, 0.6) is 0 Å². The second kappa shape index (κ2) is 11.1. The fraction of sp³-hybridized carbons (Fsp3) is 0.458. The molecule has 1 aliphatic heterocycles. The highest BCUT2D eigenvalue weighted by Gasteiger charge is 2.44. The number of ketones is 1. The van der Waals surface area contributed by atoms with Crippen molar-refractivity contribution in [2.75, 3.05) is 5.73 Å². The summed E-state index contributed by atoms with van der Waals surface area (Å²) in [5, 5.41) is 34.0. The van der Waals surface area contributed by atoms with E-state index in [0.29, 0.717) is 17.6 Å². The molecule has 3 heterocycles. The number of ether oxygens (including phenoxy) is 1. The molecule has 6 N–H and O–H groups in total. The van der Waals surface area contributed by atoms with Gasteiger partial charge in [0.2, 0.25) is 5.91 Å². The molecule has 0 bridgehead atoms. The lowest BCUT2D eigenvalue weighted by molar-refractivity contribution is -0.264. The Morgan fingerprint density at radius 1 is 1.14 bits per heavy atom. The highest BCUT2D eigenvalue weighted by molar-refractivity contribution is 5.90. The number of amides is 1. The zero-order chi connectivity index (χ0) is 25.8. The standard InChI is InChI=1S/C24H30N6O6/c1-2-17-21(34)20(33)14(24(35)36-17)9-16(31)15(8-13-6-4-3-5-7-13)29-18(32)10-30-12-28-19-22(25)26-11-27-23(19)30/h3-7,11-12,14-15,17,20-21,24,33-35H,2,8-10H2,1H3,(H,29,32)(H2,25,26,27)/t14?,15-,17+,20+,21+,24+/m0/s1. The number of carbonyl (C=O) groups excluding carboxylic acids is 2. The van der Waals surface area contributed by atoms with Crippen LogP contribution in [0, 0.1) is 5.92 Å². The number of nitrogens with one attached hydrogen (secondary N) is 1. The Labute approximate surface area is 207 Å². The molecule has 0 spiro atoms. The van der Waals surface area contributed by atoms with Crippen LogP contribution < -0.4 is 11.1 Å². The van der Waals surface area contributed by atoms with E-state index in [9.17, 15) is 24.9 Å². The molecule has 12 heteroatoms. The number of aliphatic hydroxyl groups excluding tert-OH is 3. The lowest BCUT2D eigenvalue weighted by Crippen LogP contribution is -2.55. The third-order valence-electron chi connectivity index (χ3n) is 6.44. The SMILES string of the molecule is CC[C@H]1O[C@@H](O)C(CC(=O)[C@H](Cc2ccccc2)NC(=O)Cn2cnc3c(N)ncnc32)[C@@H](O)[C@@H]1O. The molecule has 1 aliphatic rings. The summed E-state index contributed by atoms with van der Waals surface area (Å²) >= 11 is 0. The van der Waals surface area contributed by atoms with Gasteiger partial charge in [0.05, 0.1) is 24.6 Å². The first-order chi connectivity index (χ1) is 17.3. The first-order valence-electron chi connectivity index (χ1n) is 11.8. The van der Waals surface area contributed by atoms with Crippen molar-refractivity contribution in [1.29, 1.82) is 0 Å². The quantitative estimate of drug-likeness (QED) is 0.259. The van der Waals surface area contributed by atoms with Crippen molar-refractivity contribution in [3.05, 3.63) is 48.5 Å². The van der Waals surface area contributed by atoms with Crippen LogP contribution in [-0.4, -0.2) is 77.2 Å². The van der Waals surface area contributed by atoms with Gasteiger partial charge in [0.15, 0.2) is 23.5 Å². The number of benzene rings is 1.